The zero-order valence-corrected chi connectivity index (χ0v) is 56.1. The standard InChI is InChI=1S/C38H32S2Si.C22H22Br2Si.C8H5S.ClH.Zn/c1-23-19-31-27(35-21-25-11-5-7-17-33(25)39-35)13-9-15-29(31)37(23)41(3,4)38-24(2)20-32-28(14-10-16-30(32)38)36-22-26-12-6-8-18-34(26)40-36;1-13-11-17-15(7-5-9-19(17)23)21(13)25(3,4)22-14(2)12-18-16(22)8-6-10-20(18)24;1-2-4-8-7(3-1)5-6-9-8;;/h5-22,37-38H,1-4H3;5-12,21-22H,1-4H3;1-5H;1H;/q;;-1;;+2/p-1. The van der Waals surface area contributed by atoms with E-state index in [-0.39, 0.29) is 0 Å². The molecule has 4 aliphatic carbocycles. The minimum atomic E-state index is -1.91. The summed E-state index contributed by atoms with van der Waals surface area (Å²) in [5, 5.41) is 7.05. The molecule has 0 N–H and O–H groups in total. The average Bonchev–Trinajstić information content (AvgIpc) is 4.42. The molecule has 0 aliphatic heterocycles. The minimum Gasteiger partial charge on any atom is -0.296 e. The van der Waals surface area contributed by atoms with E-state index in [2.05, 4.69) is 261 Å². The summed E-state index contributed by atoms with van der Waals surface area (Å²) in [5.41, 5.74) is 22.8. The van der Waals surface area contributed by atoms with E-state index in [0.29, 0.717) is 22.2 Å². The Morgan fingerprint density at radius 2 is 0.753 bits per heavy atom. The fourth-order valence-electron chi connectivity index (χ4n) is 13.9. The molecule has 10 aromatic rings. The van der Waals surface area contributed by atoms with Crippen molar-refractivity contribution in [2.45, 2.75) is 76.0 Å². The third-order valence-electron chi connectivity index (χ3n) is 16.7. The van der Waals surface area contributed by atoms with E-state index in [1.165, 1.54) is 127 Å². The first-order valence-electron chi connectivity index (χ1n) is 26.3. The molecule has 0 radical (unpaired) electrons. The smallest absolute Gasteiger partial charge is 0.0751 e. The van der Waals surface area contributed by atoms with Gasteiger partial charge in [0.25, 0.3) is 0 Å². The molecule has 4 atom stereocenters. The summed E-state index contributed by atoms with van der Waals surface area (Å²) >= 11 is 13.9. The largest absolute Gasteiger partial charge is 0.296 e. The van der Waals surface area contributed by atoms with Gasteiger partial charge in [-0.15, -0.1) is 44.9 Å². The molecule has 0 fully saturated rings. The molecular weight excluding hydrogens is 1230 g/mol. The predicted molar refractivity (Wildman–Crippen MR) is 350 cm³/mol. The molecule has 77 heavy (non-hydrogen) atoms. The van der Waals surface area contributed by atoms with Crippen molar-refractivity contribution in [2.24, 2.45) is 0 Å². The number of thiophene rings is 3. The van der Waals surface area contributed by atoms with Crippen molar-refractivity contribution in [1.29, 1.82) is 0 Å². The number of fused-ring (bicyclic) bond motifs is 7. The molecule has 0 spiro atoms. The van der Waals surface area contributed by atoms with Gasteiger partial charge in [0.15, 0.2) is 0 Å². The SMILES string of the molecule is CC1=Cc2c(-c3cc4ccccc4s3)cccc2C1[Si](C)(C)C1C(C)=Cc2c(-c3cc4ccccc4s3)cccc21.CC1=Cc2c(Br)cccc2C1[Si](C)(C)C1C(C)=Cc2c(Br)cccc21.[Cl][Zn+].[c-]1cc2ccccc2s1. The van der Waals surface area contributed by atoms with Crippen LogP contribution in [0.1, 0.15) is 94.4 Å². The maximum Gasteiger partial charge on any atom is -0.0751 e. The number of allylic oxidation sites excluding steroid dienone is 4. The van der Waals surface area contributed by atoms with Crippen LogP contribution < -0.4 is 0 Å². The van der Waals surface area contributed by atoms with E-state index < -0.39 is 16.1 Å². The van der Waals surface area contributed by atoms with Crippen LogP contribution in [0.4, 0.5) is 0 Å². The van der Waals surface area contributed by atoms with Gasteiger partial charge in [0, 0.05) is 50.3 Å². The zero-order valence-electron chi connectivity index (χ0n) is 44.8. The Kier molecular flexibility index (Phi) is 15.8. The van der Waals surface area contributed by atoms with Gasteiger partial charge in [-0.1, -0.05) is 214 Å². The van der Waals surface area contributed by atoms with Crippen molar-refractivity contribution in [2.75, 3.05) is 0 Å². The fraction of sp³-hybridized carbons (Fsp3) is 0.176. The van der Waals surface area contributed by atoms with Crippen molar-refractivity contribution in [3.05, 3.63) is 245 Å². The number of halogens is 3. The van der Waals surface area contributed by atoms with E-state index in [9.17, 15) is 0 Å². The van der Waals surface area contributed by atoms with Gasteiger partial charge in [-0.2, -0.15) is 11.5 Å². The Morgan fingerprint density at radius 3 is 1.14 bits per heavy atom. The molecule has 14 rings (SSSR count). The summed E-state index contributed by atoms with van der Waals surface area (Å²) in [6, 6.07) is 60.1. The third-order valence-corrected chi connectivity index (χ3v) is 30.2. The molecule has 0 saturated carbocycles. The van der Waals surface area contributed by atoms with Crippen molar-refractivity contribution in [1.82, 2.24) is 0 Å². The van der Waals surface area contributed by atoms with Crippen molar-refractivity contribution in [3.63, 3.8) is 0 Å². The maximum absolute atomic E-state index is 4.76. The second-order valence-corrected chi connectivity index (χ2v) is 36.6. The van der Waals surface area contributed by atoms with Crippen molar-refractivity contribution < 1.29 is 17.3 Å². The molecular formula is C68H59Br2ClS3Si2Zn. The van der Waals surface area contributed by atoms with Gasteiger partial charge >= 0.3 is 27.0 Å². The van der Waals surface area contributed by atoms with E-state index >= 15 is 0 Å². The molecule has 4 unspecified atom stereocenters. The fourth-order valence-corrected chi connectivity index (χ4v) is 27.7. The van der Waals surface area contributed by atoms with Crippen LogP contribution in [0.25, 0.3) is 75.4 Å². The maximum atomic E-state index is 4.76. The summed E-state index contributed by atoms with van der Waals surface area (Å²) in [7, 11) is 1.17. The first-order chi connectivity index (χ1) is 37.2. The molecule has 7 aromatic carbocycles. The molecule has 0 saturated heterocycles. The quantitative estimate of drug-likeness (QED) is 0.115. The monoisotopic (exact) mass is 1280 g/mol. The van der Waals surface area contributed by atoms with Gasteiger partial charge in [-0.05, 0) is 131 Å². The summed E-state index contributed by atoms with van der Waals surface area (Å²) in [6.45, 7) is 19.8. The van der Waals surface area contributed by atoms with E-state index in [4.69, 9.17) is 9.69 Å². The molecule has 3 aromatic heterocycles. The molecule has 0 amide bonds. The molecule has 4 aliphatic rings. The number of rotatable bonds is 6. The Labute approximate surface area is 500 Å². The molecule has 3 heterocycles. The number of hydrogen-bond donors (Lipinski definition) is 0. The molecule has 0 bridgehead atoms. The van der Waals surface area contributed by atoms with Crippen LogP contribution >= 0.6 is 75.6 Å². The first-order valence-corrected chi connectivity index (χ1v) is 40.6. The Hall–Kier alpha value is -4.31. The van der Waals surface area contributed by atoms with Crippen LogP contribution in [-0.2, 0) is 17.3 Å². The van der Waals surface area contributed by atoms with Crippen LogP contribution in [0, 0.1) is 5.38 Å². The van der Waals surface area contributed by atoms with Gasteiger partial charge < -0.3 is 0 Å². The summed E-state index contributed by atoms with van der Waals surface area (Å²) < 4.78 is 6.49. The summed E-state index contributed by atoms with van der Waals surface area (Å²) in [4.78, 5) is 2.75. The van der Waals surface area contributed by atoms with E-state index in [1.54, 1.807) is 11.3 Å². The second-order valence-electron chi connectivity index (χ2n) is 22.2. The Balaban J connectivity index is 0.000000147. The van der Waals surface area contributed by atoms with Crippen LogP contribution in [-0.4, -0.2) is 16.1 Å². The summed E-state index contributed by atoms with van der Waals surface area (Å²) in [6.07, 6.45) is 9.82. The minimum absolute atomic E-state index is 0.499. The van der Waals surface area contributed by atoms with E-state index in [1.807, 2.05) is 40.9 Å². The van der Waals surface area contributed by atoms with E-state index in [0.717, 1.165) is 17.3 Å². The van der Waals surface area contributed by atoms with Gasteiger partial charge in [-0.25, -0.2) is 0 Å². The third kappa shape index (κ3) is 9.99. The van der Waals surface area contributed by atoms with Gasteiger partial charge in [0.2, 0.25) is 0 Å². The van der Waals surface area contributed by atoms with Crippen LogP contribution in [0.2, 0.25) is 26.2 Å². The number of hydrogen-bond acceptors (Lipinski definition) is 3. The predicted octanol–water partition coefficient (Wildman–Crippen LogP) is 23.0. The molecule has 380 valence electrons. The van der Waals surface area contributed by atoms with Gasteiger partial charge in [0.1, 0.15) is 0 Å². The second kappa shape index (κ2) is 22.3. The van der Waals surface area contributed by atoms with Gasteiger partial charge in [0.05, 0.1) is 16.1 Å². The molecule has 9 heteroatoms. The van der Waals surface area contributed by atoms with Crippen LogP contribution in [0.5, 0.6) is 0 Å². The van der Waals surface area contributed by atoms with Crippen LogP contribution in [0.15, 0.2) is 195 Å². The first kappa shape index (κ1) is 54.6. The summed E-state index contributed by atoms with van der Waals surface area (Å²) in [5.74, 6) is 0. The van der Waals surface area contributed by atoms with Crippen molar-refractivity contribution >= 4 is 146 Å². The zero-order chi connectivity index (χ0) is 53.9. The van der Waals surface area contributed by atoms with Crippen LogP contribution in [0.3, 0.4) is 0 Å². The average molecular weight is 1290 g/mol. The molecule has 0 nitrogen and oxygen atoms in total. The Morgan fingerprint density at radius 1 is 0.416 bits per heavy atom. The van der Waals surface area contributed by atoms with Gasteiger partial charge in [-0.3, -0.25) is 11.3 Å². The topological polar surface area (TPSA) is 0 Å². The number of benzene rings is 7. The Bertz CT molecular complexity index is 3720. The normalized spacial score (nSPS) is 17.9. The van der Waals surface area contributed by atoms with Crippen molar-refractivity contribution in [3.8, 4) is 20.9 Å².